The summed E-state index contributed by atoms with van der Waals surface area (Å²) in [5.74, 6) is 0. The number of ether oxygens (including phenoxy) is 9. The number of hydrogen-bond donors (Lipinski definition) is 17. The Labute approximate surface area is 316 Å². The Morgan fingerprint density at radius 3 is 1.18 bits per heavy atom. The van der Waals surface area contributed by atoms with E-state index in [2.05, 4.69) is 0 Å². The van der Waals surface area contributed by atoms with Crippen molar-refractivity contribution in [3.05, 3.63) is 0 Å². The van der Waals surface area contributed by atoms with Crippen LogP contribution < -0.4 is 0 Å². The van der Waals surface area contributed by atoms with Crippen molar-refractivity contribution < 1.29 is 129 Å². The van der Waals surface area contributed by atoms with Crippen molar-refractivity contribution in [3.8, 4) is 0 Å². The van der Waals surface area contributed by atoms with Crippen LogP contribution in [0.3, 0.4) is 0 Å². The molecule has 0 aromatic carbocycles. The second-order valence-electron chi connectivity index (χ2n) is 14.0. The molecule has 5 aliphatic rings. The van der Waals surface area contributed by atoms with Crippen LogP contribution in [0.15, 0.2) is 0 Å². The Balaban J connectivity index is 1.29. The molecular formula is C30H52O26. The minimum Gasteiger partial charge on any atom is -0.394 e. The van der Waals surface area contributed by atoms with Gasteiger partial charge in [0, 0.05) is 0 Å². The highest BCUT2D eigenvalue weighted by Gasteiger charge is 2.55. The van der Waals surface area contributed by atoms with E-state index in [1.165, 1.54) is 0 Å². The minimum absolute atomic E-state index is 0.826. The van der Waals surface area contributed by atoms with Gasteiger partial charge in [0.05, 0.1) is 33.0 Å². The lowest BCUT2D eigenvalue weighted by Gasteiger charge is -2.48. The van der Waals surface area contributed by atoms with Crippen LogP contribution in [0.4, 0.5) is 0 Å². The highest BCUT2D eigenvalue weighted by molar-refractivity contribution is 4.98. The Morgan fingerprint density at radius 2 is 0.679 bits per heavy atom. The van der Waals surface area contributed by atoms with Crippen molar-refractivity contribution in [1.82, 2.24) is 0 Å². The van der Waals surface area contributed by atoms with Gasteiger partial charge in [-0.05, 0) is 0 Å². The summed E-state index contributed by atoms with van der Waals surface area (Å²) in [5.41, 5.74) is 0. The largest absolute Gasteiger partial charge is 0.394 e. The molecule has 0 radical (unpaired) electrons. The van der Waals surface area contributed by atoms with E-state index in [1.807, 2.05) is 0 Å². The van der Waals surface area contributed by atoms with E-state index >= 15 is 0 Å². The molecule has 0 unspecified atom stereocenters. The van der Waals surface area contributed by atoms with Crippen LogP contribution in [-0.4, -0.2) is 273 Å². The molecule has 0 aromatic rings. The summed E-state index contributed by atoms with van der Waals surface area (Å²) in [4.78, 5) is 0. The SMILES string of the molecule is OC[C@H]1O[C@H](O[C@@H]2[C@H](O)[C@@H](OC[C@H]3O[C@@H](O)[C@@H](O)[C@@H](O[C@H]4O[C@H](CO)[C@@H](O)[C@H](O)[C@@H]4O[C@H]4O[C@H](CO)[C@@H](O)[C@H](O)[C@@H]4O)[C@@H]3O)O[C@H](CO)[C@H]2O)[C@@H](O)[C@@H](O)[C@@H]1O. The van der Waals surface area contributed by atoms with Gasteiger partial charge in [0.25, 0.3) is 0 Å². The van der Waals surface area contributed by atoms with Crippen molar-refractivity contribution in [1.29, 1.82) is 0 Å². The van der Waals surface area contributed by atoms with Crippen molar-refractivity contribution in [2.24, 2.45) is 0 Å². The van der Waals surface area contributed by atoms with E-state index in [4.69, 9.17) is 42.6 Å². The maximum atomic E-state index is 11.3. The highest BCUT2D eigenvalue weighted by atomic mass is 16.8. The Morgan fingerprint density at radius 1 is 0.304 bits per heavy atom. The molecule has 5 rings (SSSR count). The lowest BCUT2D eigenvalue weighted by atomic mass is 9.96. The summed E-state index contributed by atoms with van der Waals surface area (Å²) in [7, 11) is 0. The molecule has 5 aliphatic heterocycles. The average Bonchev–Trinajstić information content (AvgIpc) is 3.18. The van der Waals surface area contributed by atoms with Crippen LogP contribution in [0.1, 0.15) is 0 Å². The fourth-order valence-corrected chi connectivity index (χ4v) is 6.89. The molecule has 25 atom stereocenters. The maximum Gasteiger partial charge on any atom is 0.187 e. The summed E-state index contributed by atoms with van der Waals surface area (Å²) in [6.07, 6.45) is -46.4. The number of hydrogen-bond acceptors (Lipinski definition) is 26. The van der Waals surface area contributed by atoms with Crippen LogP contribution in [0.5, 0.6) is 0 Å². The van der Waals surface area contributed by atoms with Gasteiger partial charge >= 0.3 is 0 Å². The third kappa shape index (κ3) is 9.31. The van der Waals surface area contributed by atoms with Gasteiger partial charge < -0.3 is 129 Å². The van der Waals surface area contributed by atoms with Gasteiger partial charge in [0.2, 0.25) is 0 Å². The van der Waals surface area contributed by atoms with E-state index in [9.17, 15) is 86.8 Å². The van der Waals surface area contributed by atoms with Crippen LogP contribution in [-0.2, 0) is 42.6 Å². The van der Waals surface area contributed by atoms with E-state index in [0.29, 0.717) is 0 Å². The summed E-state index contributed by atoms with van der Waals surface area (Å²) in [6.45, 7) is -4.33. The zero-order chi connectivity index (χ0) is 41.3. The molecule has 0 aromatic heterocycles. The van der Waals surface area contributed by atoms with E-state index in [-0.39, 0.29) is 0 Å². The van der Waals surface area contributed by atoms with Gasteiger partial charge in [0.15, 0.2) is 31.5 Å². The highest BCUT2D eigenvalue weighted by Crippen LogP contribution is 2.34. The average molecular weight is 829 g/mol. The first-order chi connectivity index (χ1) is 26.5. The minimum atomic E-state index is -2.15. The Bertz CT molecular complexity index is 1200. The molecule has 0 spiro atoms. The third-order valence-electron chi connectivity index (χ3n) is 10.3. The van der Waals surface area contributed by atoms with Crippen LogP contribution in [0.25, 0.3) is 0 Å². The molecule has 5 heterocycles. The molecule has 0 bridgehead atoms. The topological polar surface area (TPSA) is 427 Å². The first-order valence-corrected chi connectivity index (χ1v) is 17.6. The zero-order valence-electron chi connectivity index (χ0n) is 29.2. The maximum absolute atomic E-state index is 11.3. The quantitative estimate of drug-likeness (QED) is 0.0819. The molecule has 5 saturated heterocycles. The number of aliphatic hydroxyl groups is 17. The molecule has 26 nitrogen and oxygen atoms in total. The second kappa shape index (κ2) is 19.6. The summed E-state index contributed by atoms with van der Waals surface area (Å²) in [6, 6.07) is 0. The van der Waals surface area contributed by atoms with Gasteiger partial charge in [-0.1, -0.05) is 0 Å². The zero-order valence-corrected chi connectivity index (χ0v) is 29.2. The van der Waals surface area contributed by atoms with Crippen molar-refractivity contribution in [2.75, 3.05) is 33.0 Å². The van der Waals surface area contributed by atoms with Crippen LogP contribution in [0, 0.1) is 0 Å². The van der Waals surface area contributed by atoms with Crippen LogP contribution >= 0.6 is 0 Å². The van der Waals surface area contributed by atoms with E-state index in [0.717, 1.165) is 0 Å². The molecule has 56 heavy (non-hydrogen) atoms. The summed E-state index contributed by atoms with van der Waals surface area (Å²) < 4.78 is 49.1. The van der Waals surface area contributed by atoms with E-state index in [1.54, 1.807) is 0 Å². The lowest BCUT2D eigenvalue weighted by molar-refractivity contribution is -0.390. The lowest BCUT2D eigenvalue weighted by Crippen LogP contribution is -2.67. The van der Waals surface area contributed by atoms with Gasteiger partial charge in [0.1, 0.15) is 122 Å². The molecule has 26 heteroatoms. The van der Waals surface area contributed by atoms with Crippen molar-refractivity contribution in [3.63, 3.8) is 0 Å². The Kier molecular flexibility index (Phi) is 16.1. The first kappa shape index (κ1) is 46.0. The number of aliphatic hydroxyl groups excluding tert-OH is 17. The molecule has 0 amide bonds. The molecular weight excluding hydrogens is 776 g/mol. The van der Waals surface area contributed by atoms with Gasteiger partial charge in [-0.25, -0.2) is 0 Å². The first-order valence-electron chi connectivity index (χ1n) is 17.6. The van der Waals surface area contributed by atoms with Gasteiger partial charge in [-0.15, -0.1) is 0 Å². The number of rotatable bonds is 13. The smallest absolute Gasteiger partial charge is 0.187 e. The van der Waals surface area contributed by atoms with Gasteiger partial charge in [-0.2, -0.15) is 0 Å². The van der Waals surface area contributed by atoms with Crippen molar-refractivity contribution in [2.45, 2.75) is 154 Å². The fourth-order valence-electron chi connectivity index (χ4n) is 6.89. The summed E-state index contributed by atoms with van der Waals surface area (Å²) in [5, 5.41) is 176. The molecule has 0 saturated carbocycles. The second-order valence-corrected chi connectivity index (χ2v) is 14.0. The monoisotopic (exact) mass is 828 g/mol. The molecule has 17 N–H and O–H groups in total. The predicted molar refractivity (Wildman–Crippen MR) is 167 cm³/mol. The fraction of sp³-hybridized carbons (Fsp3) is 1.00. The normalized spacial score (nSPS) is 53.2. The van der Waals surface area contributed by atoms with Crippen LogP contribution in [0.2, 0.25) is 0 Å². The predicted octanol–water partition coefficient (Wildman–Crippen LogP) is -11.9. The summed E-state index contributed by atoms with van der Waals surface area (Å²) >= 11 is 0. The molecule has 5 fully saturated rings. The standard InChI is InChI=1S/C30H52O26/c31-1-6-11(35)16(40)19(43)28(51-6)54-24-14(38)9(4-34)50-27(22(24)46)48-5-10-15(39)23(21(45)26(47)49-10)55-30-25(18(42)13(37)8(3-33)53-30)56-29-20(44)17(41)12(36)7(2-32)52-29/h6-47H,1-5H2/t6-,7-,8-,9-,10-,11-,12-,13-,14-,15-,16+,17+,18+,19+,20+,21+,22+,23+,24+,25+,26-,27+,28-,29-,30-/m1/s1. The third-order valence-corrected chi connectivity index (χ3v) is 10.3. The molecule has 0 aliphatic carbocycles. The van der Waals surface area contributed by atoms with Gasteiger partial charge in [-0.3, -0.25) is 0 Å². The van der Waals surface area contributed by atoms with E-state index < -0.39 is 187 Å². The van der Waals surface area contributed by atoms with Crippen molar-refractivity contribution >= 4 is 0 Å². The Hall–Kier alpha value is -1.04. The molecule has 328 valence electrons.